The van der Waals surface area contributed by atoms with Gasteiger partial charge < -0.3 is 9.84 Å². The smallest absolute Gasteiger partial charge is 0.331 e. The van der Waals surface area contributed by atoms with E-state index in [1.165, 1.54) is 32.1 Å². The molecule has 4 bridgehead atoms. The van der Waals surface area contributed by atoms with Crippen LogP contribution in [0.15, 0.2) is 12.2 Å². The minimum absolute atomic E-state index is 0.0312. The summed E-state index contributed by atoms with van der Waals surface area (Å²) >= 11 is 0. The predicted octanol–water partition coefficient (Wildman–Crippen LogP) is 2.00. The van der Waals surface area contributed by atoms with Crippen molar-refractivity contribution in [3.05, 3.63) is 12.2 Å². The first-order chi connectivity index (χ1) is 8.61. The first-order valence-corrected chi connectivity index (χ1v) is 6.73. The van der Waals surface area contributed by atoms with Crippen LogP contribution in [0.2, 0.25) is 0 Å². The number of carbonyl (C=O) groups excluding carboxylic acids is 1. The molecular weight excluding hydrogens is 232 g/mol. The number of carbonyl (C=O) groups is 2. The van der Waals surface area contributed by atoms with Crippen LogP contribution in [0.25, 0.3) is 0 Å². The summed E-state index contributed by atoms with van der Waals surface area (Å²) < 4.78 is 5.49. The van der Waals surface area contributed by atoms with Crippen molar-refractivity contribution in [2.24, 2.45) is 23.7 Å². The Balaban J connectivity index is 1.63. The van der Waals surface area contributed by atoms with Crippen LogP contribution in [0, 0.1) is 23.7 Å². The molecule has 18 heavy (non-hydrogen) atoms. The van der Waals surface area contributed by atoms with E-state index in [-0.39, 0.29) is 6.10 Å². The maximum atomic E-state index is 11.6. The fourth-order valence-corrected chi connectivity index (χ4v) is 4.38. The van der Waals surface area contributed by atoms with Crippen molar-refractivity contribution < 1.29 is 19.4 Å². The summed E-state index contributed by atoms with van der Waals surface area (Å²) in [5.74, 6) is 1.10. The summed E-state index contributed by atoms with van der Waals surface area (Å²) in [6.45, 7) is 0. The molecule has 98 valence electrons. The van der Waals surface area contributed by atoms with Crippen molar-refractivity contribution in [3.8, 4) is 0 Å². The number of ether oxygens (including phenoxy) is 1. The van der Waals surface area contributed by atoms with Gasteiger partial charge in [-0.15, -0.1) is 0 Å². The number of carboxylic acids is 1. The van der Waals surface area contributed by atoms with Crippen LogP contribution < -0.4 is 0 Å². The van der Waals surface area contributed by atoms with E-state index in [0.29, 0.717) is 11.8 Å². The highest BCUT2D eigenvalue weighted by Gasteiger charge is 2.49. The number of hydrogen-bond donors (Lipinski definition) is 1. The van der Waals surface area contributed by atoms with E-state index in [2.05, 4.69) is 0 Å². The Labute approximate surface area is 106 Å². The largest absolute Gasteiger partial charge is 0.478 e. The minimum Gasteiger partial charge on any atom is -0.478 e. The molecule has 4 aliphatic carbocycles. The van der Waals surface area contributed by atoms with Crippen LogP contribution in [-0.4, -0.2) is 23.1 Å². The highest BCUT2D eigenvalue weighted by Crippen LogP contribution is 2.54. The van der Waals surface area contributed by atoms with E-state index in [0.717, 1.165) is 24.0 Å². The molecule has 4 aliphatic rings. The van der Waals surface area contributed by atoms with Crippen LogP contribution in [0.3, 0.4) is 0 Å². The molecule has 0 amide bonds. The van der Waals surface area contributed by atoms with E-state index < -0.39 is 11.9 Å². The Kier molecular flexibility index (Phi) is 2.88. The molecule has 4 heteroatoms. The van der Waals surface area contributed by atoms with Crippen molar-refractivity contribution in [3.63, 3.8) is 0 Å². The number of esters is 1. The van der Waals surface area contributed by atoms with Gasteiger partial charge in [-0.05, 0) is 55.8 Å². The molecule has 4 fully saturated rings. The van der Waals surface area contributed by atoms with Gasteiger partial charge in [0.25, 0.3) is 0 Å². The van der Waals surface area contributed by atoms with Gasteiger partial charge >= 0.3 is 11.9 Å². The quantitative estimate of drug-likeness (QED) is 0.614. The zero-order chi connectivity index (χ0) is 12.7. The molecule has 1 N–H and O–H groups in total. The summed E-state index contributed by atoms with van der Waals surface area (Å²) in [6, 6.07) is 0. The van der Waals surface area contributed by atoms with Crippen LogP contribution in [0.1, 0.15) is 32.1 Å². The fourth-order valence-electron chi connectivity index (χ4n) is 4.38. The number of aliphatic carboxylic acids is 1. The van der Waals surface area contributed by atoms with Crippen molar-refractivity contribution in [1.82, 2.24) is 0 Å². The highest BCUT2D eigenvalue weighted by molar-refractivity contribution is 5.90. The normalized spacial score (nSPS) is 41.2. The van der Waals surface area contributed by atoms with Gasteiger partial charge in [0.1, 0.15) is 6.10 Å². The van der Waals surface area contributed by atoms with Crippen LogP contribution in [-0.2, 0) is 14.3 Å². The summed E-state index contributed by atoms with van der Waals surface area (Å²) in [5.41, 5.74) is 0. The topological polar surface area (TPSA) is 63.6 Å². The molecule has 0 radical (unpaired) electrons. The molecule has 0 aromatic carbocycles. The Hall–Kier alpha value is -1.32. The van der Waals surface area contributed by atoms with Crippen molar-refractivity contribution in [2.45, 2.75) is 38.2 Å². The molecular formula is C14H18O4. The lowest BCUT2D eigenvalue weighted by atomic mass is 9.55. The minimum atomic E-state index is -1.11. The Morgan fingerprint density at radius 1 is 0.944 bits per heavy atom. The fraction of sp³-hybridized carbons (Fsp3) is 0.714. The summed E-state index contributed by atoms with van der Waals surface area (Å²) in [6.07, 6.45) is 8.02. The molecule has 0 saturated heterocycles. The molecule has 0 heterocycles. The third-order valence-corrected chi connectivity index (χ3v) is 4.75. The van der Waals surface area contributed by atoms with Gasteiger partial charge in [0.15, 0.2) is 0 Å². The lowest BCUT2D eigenvalue weighted by Gasteiger charge is -2.53. The molecule has 4 saturated carbocycles. The van der Waals surface area contributed by atoms with E-state index in [1.54, 1.807) is 0 Å². The molecule has 0 atom stereocenters. The maximum absolute atomic E-state index is 11.6. The maximum Gasteiger partial charge on any atom is 0.331 e. The van der Waals surface area contributed by atoms with Gasteiger partial charge in [0, 0.05) is 12.2 Å². The Morgan fingerprint density at radius 2 is 1.50 bits per heavy atom. The van der Waals surface area contributed by atoms with E-state index in [9.17, 15) is 9.59 Å². The van der Waals surface area contributed by atoms with Gasteiger partial charge in [0.05, 0.1) is 0 Å². The SMILES string of the molecule is O=C(O)/C=C\C(=O)OC1C2CC3CC(C2)CC1C3. The zero-order valence-corrected chi connectivity index (χ0v) is 10.2. The van der Waals surface area contributed by atoms with E-state index in [1.807, 2.05) is 0 Å². The second-order valence-electron chi connectivity index (χ2n) is 6.00. The summed E-state index contributed by atoms with van der Waals surface area (Å²) in [5, 5.41) is 8.48. The Bertz CT molecular complexity index is 371. The van der Waals surface area contributed by atoms with Gasteiger partial charge in [0.2, 0.25) is 0 Å². The lowest BCUT2D eigenvalue weighted by molar-refractivity contribution is -0.165. The van der Waals surface area contributed by atoms with Crippen molar-refractivity contribution >= 4 is 11.9 Å². The standard InChI is InChI=1S/C14H18O4/c15-12(16)1-2-13(17)18-14-10-4-8-3-9(6-10)7-11(14)5-8/h1-2,8-11,14H,3-7H2,(H,15,16)/b2-1-. The highest BCUT2D eigenvalue weighted by atomic mass is 16.5. The van der Waals surface area contributed by atoms with Crippen LogP contribution in [0.4, 0.5) is 0 Å². The number of rotatable bonds is 3. The lowest BCUT2D eigenvalue weighted by Crippen LogP contribution is -2.49. The third-order valence-electron chi connectivity index (χ3n) is 4.75. The van der Waals surface area contributed by atoms with Crippen molar-refractivity contribution in [2.75, 3.05) is 0 Å². The summed E-state index contributed by atoms with van der Waals surface area (Å²) in [7, 11) is 0. The Morgan fingerprint density at radius 3 is 2.00 bits per heavy atom. The van der Waals surface area contributed by atoms with Gasteiger partial charge in [-0.3, -0.25) is 0 Å². The van der Waals surface area contributed by atoms with Gasteiger partial charge in [-0.2, -0.15) is 0 Å². The molecule has 4 nitrogen and oxygen atoms in total. The molecule has 0 spiro atoms. The van der Waals surface area contributed by atoms with Crippen LogP contribution in [0.5, 0.6) is 0 Å². The predicted molar refractivity (Wildman–Crippen MR) is 63.7 cm³/mol. The molecule has 0 aromatic heterocycles. The van der Waals surface area contributed by atoms with Crippen molar-refractivity contribution in [1.29, 1.82) is 0 Å². The second-order valence-corrected chi connectivity index (χ2v) is 6.00. The van der Waals surface area contributed by atoms with Gasteiger partial charge in [-0.1, -0.05) is 0 Å². The number of hydrogen-bond acceptors (Lipinski definition) is 3. The second kappa shape index (κ2) is 4.41. The average Bonchev–Trinajstić information content (AvgIpc) is 2.30. The first kappa shape index (κ1) is 11.8. The summed E-state index contributed by atoms with van der Waals surface area (Å²) in [4.78, 5) is 21.9. The monoisotopic (exact) mass is 250 g/mol. The zero-order valence-electron chi connectivity index (χ0n) is 10.2. The van der Waals surface area contributed by atoms with Crippen LogP contribution >= 0.6 is 0 Å². The average molecular weight is 250 g/mol. The van der Waals surface area contributed by atoms with E-state index in [4.69, 9.17) is 9.84 Å². The molecule has 0 aliphatic heterocycles. The first-order valence-electron chi connectivity index (χ1n) is 6.73. The van der Waals surface area contributed by atoms with E-state index >= 15 is 0 Å². The molecule has 0 unspecified atom stereocenters. The third kappa shape index (κ3) is 2.16. The molecule has 0 aromatic rings. The van der Waals surface area contributed by atoms with Gasteiger partial charge in [-0.25, -0.2) is 9.59 Å². The number of carboxylic acid groups (broad SMARTS) is 1. The molecule has 4 rings (SSSR count).